The normalized spacial score (nSPS) is 11.7. The Balaban J connectivity index is 2.44. The van der Waals surface area contributed by atoms with Gasteiger partial charge in [0, 0.05) is 0 Å². The van der Waals surface area contributed by atoms with Crippen LogP contribution in [0.1, 0.15) is 10.4 Å². The molecule has 4 rings (SSSR count). The Hall–Kier alpha value is -4.64. The van der Waals surface area contributed by atoms with Gasteiger partial charge in [-0.1, -0.05) is 34.6 Å². The summed E-state index contributed by atoms with van der Waals surface area (Å²) in [5.74, 6) is -50.6. The Kier molecular flexibility index (Phi) is 7.93. The van der Waals surface area contributed by atoms with E-state index >= 15 is 26.3 Å². The van der Waals surface area contributed by atoms with E-state index in [-0.39, 0.29) is 0 Å². The van der Waals surface area contributed by atoms with Crippen LogP contribution in [-0.4, -0.2) is 12.3 Å². The second-order valence-corrected chi connectivity index (χ2v) is 8.51. The lowest BCUT2D eigenvalue weighted by Crippen LogP contribution is -2.75. The molecule has 4 aromatic carbocycles. The van der Waals surface area contributed by atoms with Crippen LogP contribution in [0.25, 0.3) is 0 Å². The monoisotopic (exact) mass is 633 g/mol. The van der Waals surface area contributed by atoms with Gasteiger partial charge in [0.25, 0.3) is 12.3 Å². The van der Waals surface area contributed by atoms with Crippen LogP contribution in [0.15, 0.2) is 30.3 Å². The minimum absolute atomic E-state index is 0.679. The molecule has 18 heteroatoms. The van der Waals surface area contributed by atoms with Crippen LogP contribution in [0.5, 0.6) is 0 Å². The fourth-order valence-corrected chi connectivity index (χ4v) is 4.35. The molecular formula is C25H5BF15O2-. The molecule has 0 atom stereocenters. The number of carbonyl (C=O) groups excluding carboxylic acids is 1. The van der Waals surface area contributed by atoms with Gasteiger partial charge in [-0.05, 0) is 12.1 Å². The topological polar surface area (TPSA) is 26.3 Å². The molecule has 43 heavy (non-hydrogen) atoms. The third-order valence-corrected chi connectivity index (χ3v) is 6.24. The van der Waals surface area contributed by atoms with Crippen molar-refractivity contribution in [1.29, 1.82) is 0 Å². The maximum absolute atomic E-state index is 15.3. The van der Waals surface area contributed by atoms with Crippen molar-refractivity contribution in [2.45, 2.75) is 0 Å². The molecule has 0 fully saturated rings. The summed E-state index contributed by atoms with van der Waals surface area (Å²) >= 11 is 0. The van der Waals surface area contributed by atoms with Crippen LogP contribution in [0, 0.1) is 87.3 Å². The van der Waals surface area contributed by atoms with Crippen molar-refractivity contribution in [3.05, 3.63) is 123 Å². The molecule has 226 valence electrons. The standard InChI is InChI=1S/C25H5BF15O2/c27-10-7(11(28)17(34)22(39)16(10)33)26(43-25(42)6-4-2-1-3-5-6,8-12(29)18(35)23(40)19(36)13(8)30)9-14(31)20(37)24(41)21(38)15(9)32/h1-5H/q-1. The molecule has 0 unspecified atom stereocenters. The molecule has 0 amide bonds. The molecule has 0 aliphatic rings. The van der Waals surface area contributed by atoms with E-state index in [1.54, 1.807) is 0 Å². The number of halogens is 15. The fourth-order valence-electron chi connectivity index (χ4n) is 4.35. The Bertz CT molecular complexity index is 1570. The predicted molar refractivity (Wildman–Crippen MR) is 115 cm³/mol. The largest absolute Gasteiger partial charge is 0.672 e. The van der Waals surface area contributed by atoms with Gasteiger partial charge in [0.05, 0.1) is 5.56 Å². The van der Waals surface area contributed by atoms with Gasteiger partial charge >= 0.3 is 0 Å². The van der Waals surface area contributed by atoms with Crippen molar-refractivity contribution in [3.63, 3.8) is 0 Å². The number of hydrogen-bond acceptors (Lipinski definition) is 2. The van der Waals surface area contributed by atoms with E-state index in [4.69, 9.17) is 0 Å². The molecular weight excluding hydrogens is 628 g/mol. The predicted octanol–water partition coefficient (Wildman–Crippen LogP) is 5.60. The van der Waals surface area contributed by atoms with Gasteiger partial charge < -0.3 is 4.65 Å². The Labute approximate surface area is 227 Å². The molecule has 0 saturated carbocycles. The first-order valence-electron chi connectivity index (χ1n) is 11.0. The van der Waals surface area contributed by atoms with Crippen LogP contribution in [0.2, 0.25) is 0 Å². The highest BCUT2D eigenvalue weighted by atomic mass is 19.2. The van der Waals surface area contributed by atoms with E-state index in [1.165, 1.54) is 0 Å². The summed E-state index contributed by atoms with van der Waals surface area (Å²) < 4.78 is 224. The lowest BCUT2D eigenvalue weighted by Gasteiger charge is -2.44. The van der Waals surface area contributed by atoms with Crippen LogP contribution < -0.4 is 16.4 Å². The average Bonchev–Trinajstić information content (AvgIpc) is 2.99. The number of carbonyl (C=O) groups is 1. The highest BCUT2D eigenvalue weighted by Crippen LogP contribution is 2.29. The molecule has 0 N–H and O–H groups in total. The maximum Gasteiger partial charge on any atom is 0.291 e. The fraction of sp³-hybridized carbons (Fsp3) is 0. The zero-order chi connectivity index (χ0) is 32.3. The molecule has 0 heterocycles. The second-order valence-electron chi connectivity index (χ2n) is 8.51. The van der Waals surface area contributed by atoms with Crippen molar-refractivity contribution < 1.29 is 75.3 Å². The average molecular weight is 633 g/mol. The van der Waals surface area contributed by atoms with Crippen molar-refractivity contribution in [3.8, 4) is 0 Å². The zero-order valence-corrected chi connectivity index (χ0v) is 20.0. The third kappa shape index (κ3) is 4.46. The van der Waals surface area contributed by atoms with Gasteiger partial charge in [0.2, 0.25) is 0 Å². The van der Waals surface area contributed by atoms with Crippen LogP contribution in [-0.2, 0) is 4.65 Å². The molecule has 0 spiro atoms. The van der Waals surface area contributed by atoms with Gasteiger partial charge in [-0.15, -0.1) is 0 Å². The lowest BCUT2D eigenvalue weighted by atomic mass is 9.27. The molecule has 0 radical (unpaired) electrons. The Morgan fingerprint density at radius 2 is 0.628 bits per heavy atom. The molecule has 0 aromatic heterocycles. The quantitative estimate of drug-likeness (QED) is 0.124. The highest BCUT2D eigenvalue weighted by molar-refractivity contribution is 7.08. The molecule has 0 saturated heterocycles. The summed E-state index contributed by atoms with van der Waals surface area (Å²) in [6.07, 6.45) is -6.43. The van der Waals surface area contributed by atoms with Gasteiger partial charge in [-0.25, -0.2) is 65.9 Å². The SMILES string of the molecule is O=C(O[B-](c1c(F)c(F)c(F)c(F)c1F)(c1c(F)c(F)c(F)c(F)c1F)c1c(F)c(F)c(F)c(F)c1F)c1ccccc1. The van der Waals surface area contributed by atoms with E-state index in [2.05, 4.69) is 4.65 Å². The smallest absolute Gasteiger partial charge is 0.291 e. The third-order valence-electron chi connectivity index (χ3n) is 6.24. The number of rotatable bonds is 5. The van der Waals surface area contributed by atoms with E-state index < -0.39 is 122 Å². The van der Waals surface area contributed by atoms with Crippen molar-refractivity contribution in [2.24, 2.45) is 0 Å². The first-order valence-corrected chi connectivity index (χ1v) is 11.0. The first-order chi connectivity index (χ1) is 20.0. The summed E-state index contributed by atoms with van der Waals surface area (Å²) in [5, 5.41) is 0. The van der Waals surface area contributed by atoms with E-state index in [0.29, 0.717) is 12.1 Å². The number of benzene rings is 4. The van der Waals surface area contributed by atoms with Crippen LogP contribution >= 0.6 is 0 Å². The molecule has 0 aliphatic heterocycles. The Morgan fingerprint density at radius 1 is 0.395 bits per heavy atom. The summed E-state index contributed by atoms with van der Waals surface area (Å²) in [5.41, 5.74) is -10.1. The molecule has 0 bridgehead atoms. The van der Waals surface area contributed by atoms with Crippen LogP contribution in [0.3, 0.4) is 0 Å². The van der Waals surface area contributed by atoms with Crippen molar-refractivity contribution >= 4 is 28.7 Å². The van der Waals surface area contributed by atoms with Crippen LogP contribution in [0.4, 0.5) is 65.9 Å². The van der Waals surface area contributed by atoms with Crippen molar-refractivity contribution in [1.82, 2.24) is 0 Å². The van der Waals surface area contributed by atoms with E-state index in [1.807, 2.05) is 0 Å². The molecule has 0 aliphatic carbocycles. The highest BCUT2D eigenvalue weighted by Gasteiger charge is 2.51. The van der Waals surface area contributed by atoms with E-state index in [9.17, 15) is 44.3 Å². The van der Waals surface area contributed by atoms with Crippen molar-refractivity contribution in [2.75, 3.05) is 0 Å². The second kappa shape index (κ2) is 10.9. The summed E-state index contributed by atoms with van der Waals surface area (Å²) in [4.78, 5) is 13.0. The van der Waals surface area contributed by atoms with Gasteiger partial charge in [0.1, 0.15) is 34.9 Å². The molecule has 4 aromatic rings. The molecule has 2 nitrogen and oxygen atoms in total. The zero-order valence-electron chi connectivity index (χ0n) is 20.0. The summed E-state index contributed by atoms with van der Waals surface area (Å²) in [6, 6.07) is 4.44. The summed E-state index contributed by atoms with van der Waals surface area (Å²) in [7, 11) is 0. The first kappa shape index (κ1) is 31.3. The van der Waals surface area contributed by atoms with E-state index in [0.717, 1.165) is 18.2 Å². The maximum atomic E-state index is 15.3. The summed E-state index contributed by atoms with van der Waals surface area (Å²) in [6.45, 7) is 0. The number of hydrogen-bond donors (Lipinski definition) is 0. The van der Waals surface area contributed by atoms with Gasteiger partial charge in [-0.2, -0.15) is 0 Å². The van der Waals surface area contributed by atoms with Gasteiger partial charge in [-0.3, -0.25) is 4.79 Å². The lowest BCUT2D eigenvalue weighted by molar-refractivity contribution is 0.0730. The minimum atomic E-state index is -6.43. The minimum Gasteiger partial charge on any atom is -0.672 e. The Morgan fingerprint density at radius 3 is 0.884 bits per heavy atom. The van der Waals surface area contributed by atoms with Gasteiger partial charge in [0.15, 0.2) is 52.4 Å².